The molecule has 10 nitrogen and oxygen atoms in total. The zero-order valence-electron chi connectivity index (χ0n) is 16.5. The van der Waals surface area contributed by atoms with Crippen LogP contribution in [0.25, 0.3) is 0 Å². The molecule has 0 aliphatic heterocycles. The number of hydrogen-bond donors (Lipinski definition) is 1. The number of furan rings is 1. The van der Waals surface area contributed by atoms with E-state index in [1.54, 1.807) is 28.9 Å². The third-order valence-corrected chi connectivity index (χ3v) is 4.55. The molecule has 0 spiro atoms. The first-order valence-corrected chi connectivity index (χ1v) is 9.76. The van der Waals surface area contributed by atoms with E-state index < -0.39 is 10.8 Å². The van der Waals surface area contributed by atoms with Gasteiger partial charge in [-0.3, -0.25) is 20.2 Å². The maximum absolute atomic E-state index is 12.4. The summed E-state index contributed by atoms with van der Waals surface area (Å²) in [6.07, 6.45) is 1.49. The van der Waals surface area contributed by atoms with Gasteiger partial charge in [0.25, 0.3) is 5.91 Å². The second-order valence-corrected chi connectivity index (χ2v) is 7.07. The number of nitrogens with zero attached hydrogens (tertiary/aromatic N) is 4. The molecule has 0 bridgehead atoms. The molecule has 0 saturated heterocycles. The number of benzene rings is 2. The first kappa shape index (κ1) is 21.1. The van der Waals surface area contributed by atoms with Crippen molar-refractivity contribution < 1.29 is 18.9 Å². The summed E-state index contributed by atoms with van der Waals surface area (Å²) in [6, 6.07) is 16.4. The summed E-state index contributed by atoms with van der Waals surface area (Å²) < 4.78 is 12.5. The van der Waals surface area contributed by atoms with Crippen molar-refractivity contribution in [3.05, 3.63) is 99.2 Å². The van der Waals surface area contributed by atoms with Gasteiger partial charge < -0.3 is 9.15 Å². The van der Waals surface area contributed by atoms with E-state index in [4.69, 9.17) is 20.8 Å². The highest BCUT2D eigenvalue weighted by Gasteiger charge is 2.17. The molecule has 0 unspecified atom stereocenters. The Labute approximate surface area is 186 Å². The van der Waals surface area contributed by atoms with Crippen molar-refractivity contribution in [2.24, 2.45) is 0 Å². The van der Waals surface area contributed by atoms with Crippen LogP contribution in [0.1, 0.15) is 21.9 Å². The van der Waals surface area contributed by atoms with Gasteiger partial charge in [-0.25, -0.2) is 9.67 Å². The van der Waals surface area contributed by atoms with E-state index in [2.05, 4.69) is 15.4 Å². The number of halogens is 1. The van der Waals surface area contributed by atoms with Gasteiger partial charge in [-0.1, -0.05) is 35.9 Å². The normalized spacial score (nSPS) is 10.7. The van der Waals surface area contributed by atoms with Crippen molar-refractivity contribution in [1.29, 1.82) is 0 Å². The summed E-state index contributed by atoms with van der Waals surface area (Å²) in [5, 5.41) is 18.4. The van der Waals surface area contributed by atoms with Gasteiger partial charge in [-0.15, -0.1) is 5.10 Å². The van der Waals surface area contributed by atoms with Crippen LogP contribution < -0.4 is 10.1 Å². The molecule has 0 saturated carbocycles. The lowest BCUT2D eigenvalue weighted by Gasteiger charge is -2.04. The van der Waals surface area contributed by atoms with Gasteiger partial charge in [0.2, 0.25) is 5.95 Å². The molecular weight excluding hydrogens is 438 g/mol. The van der Waals surface area contributed by atoms with Gasteiger partial charge in [0.1, 0.15) is 18.7 Å². The number of carbonyl (C=O) groups is 1. The van der Waals surface area contributed by atoms with Crippen LogP contribution >= 0.6 is 11.6 Å². The van der Waals surface area contributed by atoms with E-state index in [-0.39, 0.29) is 29.8 Å². The molecule has 2 aromatic heterocycles. The molecule has 2 aromatic carbocycles. The number of ether oxygens (including phenoxy) is 1. The quantitative estimate of drug-likeness (QED) is 0.311. The highest BCUT2D eigenvalue weighted by atomic mass is 35.5. The van der Waals surface area contributed by atoms with E-state index in [1.165, 1.54) is 24.5 Å². The second kappa shape index (κ2) is 9.31. The molecule has 4 aromatic rings. The summed E-state index contributed by atoms with van der Waals surface area (Å²) in [5.41, 5.74) is 0.783. The molecule has 162 valence electrons. The van der Waals surface area contributed by atoms with E-state index in [1.807, 2.05) is 18.2 Å². The number of anilines is 1. The van der Waals surface area contributed by atoms with Crippen molar-refractivity contribution in [2.75, 3.05) is 5.32 Å². The third-order valence-electron chi connectivity index (χ3n) is 4.31. The average Bonchev–Trinajstić information content (AvgIpc) is 3.42. The first-order chi connectivity index (χ1) is 15.5. The van der Waals surface area contributed by atoms with E-state index >= 15 is 0 Å². The highest BCUT2D eigenvalue weighted by Crippen LogP contribution is 2.27. The van der Waals surface area contributed by atoms with Gasteiger partial charge in [0.15, 0.2) is 11.5 Å². The number of nitrogens with one attached hydrogen (secondary N) is 1. The van der Waals surface area contributed by atoms with Crippen LogP contribution in [0.15, 0.2) is 71.4 Å². The molecule has 0 radical (unpaired) electrons. The Kier molecular flexibility index (Phi) is 6.13. The number of rotatable bonds is 8. The van der Waals surface area contributed by atoms with Gasteiger partial charge in [-0.2, -0.15) is 0 Å². The molecule has 0 aliphatic carbocycles. The molecule has 2 heterocycles. The summed E-state index contributed by atoms with van der Waals surface area (Å²) in [4.78, 5) is 27.0. The van der Waals surface area contributed by atoms with E-state index in [0.717, 1.165) is 5.56 Å². The molecule has 1 N–H and O–H groups in total. The van der Waals surface area contributed by atoms with Crippen molar-refractivity contribution in [3.8, 4) is 5.75 Å². The van der Waals surface area contributed by atoms with Crippen molar-refractivity contribution in [2.45, 2.75) is 13.2 Å². The number of nitro groups is 1. The van der Waals surface area contributed by atoms with Crippen LogP contribution in [0.4, 0.5) is 11.6 Å². The van der Waals surface area contributed by atoms with E-state index in [9.17, 15) is 14.9 Å². The molecule has 0 aliphatic rings. The van der Waals surface area contributed by atoms with Crippen molar-refractivity contribution in [1.82, 2.24) is 14.8 Å². The number of amides is 1. The van der Waals surface area contributed by atoms with Crippen LogP contribution in [-0.4, -0.2) is 25.6 Å². The average molecular weight is 454 g/mol. The van der Waals surface area contributed by atoms with Gasteiger partial charge in [-0.05, 0) is 35.9 Å². The zero-order valence-corrected chi connectivity index (χ0v) is 17.2. The summed E-state index contributed by atoms with van der Waals surface area (Å²) in [5.74, 6) is 0.0352. The minimum absolute atomic E-state index is 0.0253. The molecule has 1 amide bonds. The summed E-state index contributed by atoms with van der Waals surface area (Å²) in [6.45, 7) is 0.363. The van der Waals surface area contributed by atoms with E-state index in [0.29, 0.717) is 17.3 Å². The van der Waals surface area contributed by atoms with Gasteiger partial charge >= 0.3 is 5.69 Å². The lowest BCUT2D eigenvalue weighted by Crippen LogP contribution is -2.12. The molecule has 0 fully saturated rings. The molecule has 0 atom stereocenters. The Bertz CT molecular complexity index is 1270. The Hall–Kier alpha value is -4.18. The molecular formula is C21H16ClN5O5. The Morgan fingerprint density at radius 2 is 2.03 bits per heavy atom. The second-order valence-electron chi connectivity index (χ2n) is 6.63. The number of para-hydroxylation sites is 2. The maximum Gasteiger partial charge on any atom is 0.310 e. The minimum atomic E-state index is -0.539. The number of hydrogen-bond acceptors (Lipinski definition) is 7. The monoisotopic (exact) mass is 453 g/mol. The van der Waals surface area contributed by atoms with Crippen LogP contribution in [0, 0.1) is 10.1 Å². The fraction of sp³-hybridized carbons (Fsp3) is 0.0952. The number of nitro benzene ring substituents is 1. The highest BCUT2D eigenvalue weighted by molar-refractivity contribution is 6.30. The van der Waals surface area contributed by atoms with Crippen molar-refractivity contribution >= 4 is 29.1 Å². The SMILES string of the molecule is O=C(Nc1ncn(Cc2cccc(Cl)c2)n1)c1ccc(COc2ccccc2[N+](=O)[O-])o1. The number of aromatic nitrogens is 3. The largest absolute Gasteiger partial charge is 0.479 e. The predicted molar refractivity (Wildman–Crippen MR) is 115 cm³/mol. The Morgan fingerprint density at radius 3 is 2.84 bits per heavy atom. The third kappa shape index (κ3) is 5.10. The molecule has 32 heavy (non-hydrogen) atoms. The lowest BCUT2D eigenvalue weighted by atomic mass is 10.2. The Balaban J connectivity index is 1.35. The van der Waals surface area contributed by atoms with Gasteiger partial charge in [0, 0.05) is 11.1 Å². The van der Waals surface area contributed by atoms with Crippen LogP contribution in [0.5, 0.6) is 5.75 Å². The smallest absolute Gasteiger partial charge is 0.310 e. The number of carbonyl (C=O) groups excluding carboxylic acids is 1. The fourth-order valence-electron chi connectivity index (χ4n) is 2.87. The van der Waals surface area contributed by atoms with Crippen LogP contribution in [-0.2, 0) is 13.2 Å². The van der Waals surface area contributed by atoms with Crippen LogP contribution in [0.3, 0.4) is 0 Å². The van der Waals surface area contributed by atoms with Crippen molar-refractivity contribution in [3.63, 3.8) is 0 Å². The standard InChI is InChI=1S/C21H16ClN5O5/c22-15-5-3-4-14(10-15)11-26-13-23-21(25-26)24-20(28)19-9-8-16(32-19)12-31-18-7-2-1-6-17(18)27(29)30/h1-10,13H,11-12H2,(H,24,25,28). The Morgan fingerprint density at radius 1 is 1.19 bits per heavy atom. The first-order valence-electron chi connectivity index (χ1n) is 9.38. The van der Waals surface area contributed by atoms with Gasteiger partial charge in [0.05, 0.1) is 11.5 Å². The summed E-state index contributed by atoms with van der Waals surface area (Å²) >= 11 is 5.98. The predicted octanol–water partition coefficient (Wildman–Crippen LogP) is 4.31. The molecule has 11 heteroatoms. The summed E-state index contributed by atoms with van der Waals surface area (Å²) in [7, 11) is 0. The lowest BCUT2D eigenvalue weighted by molar-refractivity contribution is -0.386. The fourth-order valence-corrected chi connectivity index (χ4v) is 3.08. The topological polar surface area (TPSA) is 125 Å². The minimum Gasteiger partial charge on any atom is -0.479 e. The molecule has 4 rings (SSSR count). The maximum atomic E-state index is 12.4. The van der Waals surface area contributed by atoms with Crippen LogP contribution in [0.2, 0.25) is 5.02 Å². The zero-order chi connectivity index (χ0) is 22.5.